The molecule has 70 valence electrons. The Bertz CT molecular complexity index is 168. The molecule has 0 aromatic carbocycles. The molecule has 0 saturated heterocycles. The van der Waals surface area contributed by atoms with E-state index in [-0.39, 0.29) is 0 Å². The summed E-state index contributed by atoms with van der Waals surface area (Å²) in [6, 6.07) is 0. The van der Waals surface area contributed by atoms with Crippen LogP contribution in [0.4, 0.5) is 0 Å². The predicted octanol–water partition coefficient (Wildman–Crippen LogP) is 1.10. The third-order valence-electron chi connectivity index (χ3n) is 1.19. The third-order valence-corrected chi connectivity index (χ3v) is 2.43. The summed E-state index contributed by atoms with van der Waals surface area (Å²) in [7, 11) is 0. The fourth-order valence-electron chi connectivity index (χ4n) is 0.671. The Labute approximate surface area is 77.0 Å². The van der Waals surface area contributed by atoms with Crippen LogP contribution in [0.25, 0.3) is 0 Å². The van der Waals surface area contributed by atoms with Crippen LogP contribution in [-0.2, 0) is 4.79 Å². The molecule has 0 aromatic heterocycles. The molecule has 0 spiro atoms. The SMILES string of the molecule is CC(=CC(=O)O)CSCCCN. The number of carboxylic acids is 1. The number of rotatable bonds is 6. The van der Waals surface area contributed by atoms with E-state index in [1.165, 1.54) is 6.08 Å². The quantitative estimate of drug-likeness (QED) is 0.485. The van der Waals surface area contributed by atoms with Crippen molar-refractivity contribution in [3.05, 3.63) is 11.6 Å². The standard InChI is InChI=1S/C8H15NO2S/c1-7(5-8(10)11)6-12-4-2-3-9/h5H,2-4,6,9H2,1H3,(H,10,11). The second-order valence-electron chi connectivity index (χ2n) is 2.52. The van der Waals surface area contributed by atoms with Crippen LogP contribution in [0.5, 0.6) is 0 Å². The Kier molecular flexibility index (Phi) is 6.90. The van der Waals surface area contributed by atoms with E-state index in [0.717, 1.165) is 23.5 Å². The molecule has 0 heterocycles. The van der Waals surface area contributed by atoms with E-state index in [9.17, 15) is 4.79 Å². The molecule has 3 nitrogen and oxygen atoms in total. The zero-order valence-electron chi connectivity index (χ0n) is 7.25. The normalized spacial score (nSPS) is 11.7. The van der Waals surface area contributed by atoms with Crippen molar-refractivity contribution in [2.45, 2.75) is 13.3 Å². The molecule has 0 fully saturated rings. The van der Waals surface area contributed by atoms with Gasteiger partial charge in [-0.1, -0.05) is 5.57 Å². The van der Waals surface area contributed by atoms with Gasteiger partial charge in [0, 0.05) is 11.8 Å². The van der Waals surface area contributed by atoms with Gasteiger partial charge in [-0.25, -0.2) is 4.79 Å². The Morgan fingerprint density at radius 1 is 1.67 bits per heavy atom. The fourth-order valence-corrected chi connectivity index (χ4v) is 1.59. The lowest BCUT2D eigenvalue weighted by Crippen LogP contribution is -2.00. The highest BCUT2D eigenvalue weighted by molar-refractivity contribution is 7.99. The lowest BCUT2D eigenvalue weighted by molar-refractivity contribution is -0.131. The van der Waals surface area contributed by atoms with Gasteiger partial charge in [0.05, 0.1) is 0 Å². The summed E-state index contributed by atoms with van der Waals surface area (Å²) in [4.78, 5) is 10.2. The summed E-state index contributed by atoms with van der Waals surface area (Å²) in [5.74, 6) is 0.917. The van der Waals surface area contributed by atoms with Gasteiger partial charge in [0.2, 0.25) is 0 Å². The van der Waals surface area contributed by atoms with Gasteiger partial charge >= 0.3 is 5.97 Å². The third kappa shape index (κ3) is 7.63. The summed E-state index contributed by atoms with van der Waals surface area (Å²) in [5.41, 5.74) is 6.20. The molecule has 0 atom stereocenters. The maximum Gasteiger partial charge on any atom is 0.328 e. The van der Waals surface area contributed by atoms with Crippen molar-refractivity contribution in [1.82, 2.24) is 0 Å². The molecule has 4 heteroatoms. The van der Waals surface area contributed by atoms with Gasteiger partial charge in [-0.3, -0.25) is 0 Å². The number of hydrogen-bond acceptors (Lipinski definition) is 3. The molecule has 12 heavy (non-hydrogen) atoms. The van der Waals surface area contributed by atoms with Crippen LogP contribution in [0.1, 0.15) is 13.3 Å². The average Bonchev–Trinajstić information content (AvgIpc) is 1.97. The van der Waals surface area contributed by atoms with Crippen molar-refractivity contribution >= 4 is 17.7 Å². The molecule has 0 amide bonds. The second-order valence-corrected chi connectivity index (χ2v) is 3.63. The molecule has 0 aliphatic rings. The van der Waals surface area contributed by atoms with Gasteiger partial charge in [0.15, 0.2) is 0 Å². The minimum absolute atomic E-state index is 0.703. The fraction of sp³-hybridized carbons (Fsp3) is 0.625. The van der Waals surface area contributed by atoms with Crippen molar-refractivity contribution in [2.24, 2.45) is 5.73 Å². The molecule has 0 unspecified atom stereocenters. The van der Waals surface area contributed by atoms with Crippen molar-refractivity contribution < 1.29 is 9.90 Å². The average molecular weight is 189 g/mol. The first kappa shape index (κ1) is 11.5. The molecule has 0 radical (unpaired) electrons. The van der Waals surface area contributed by atoms with E-state index in [1.54, 1.807) is 11.8 Å². The number of carbonyl (C=O) groups is 1. The second kappa shape index (κ2) is 7.18. The van der Waals surface area contributed by atoms with Crippen molar-refractivity contribution in [2.75, 3.05) is 18.1 Å². The van der Waals surface area contributed by atoms with Crippen molar-refractivity contribution in [3.63, 3.8) is 0 Å². The maximum absolute atomic E-state index is 10.2. The zero-order chi connectivity index (χ0) is 9.40. The van der Waals surface area contributed by atoms with Crippen molar-refractivity contribution in [3.8, 4) is 0 Å². The maximum atomic E-state index is 10.2. The van der Waals surface area contributed by atoms with Gasteiger partial charge < -0.3 is 10.8 Å². The molecule has 0 aliphatic heterocycles. The van der Waals surface area contributed by atoms with Gasteiger partial charge in [-0.05, 0) is 25.6 Å². The topological polar surface area (TPSA) is 63.3 Å². The van der Waals surface area contributed by atoms with Crippen LogP contribution in [0.2, 0.25) is 0 Å². The zero-order valence-corrected chi connectivity index (χ0v) is 8.06. The lowest BCUT2D eigenvalue weighted by Gasteiger charge is -1.99. The first-order chi connectivity index (χ1) is 5.66. The van der Waals surface area contributed by atoms with E-state index in [0.29, 0.717) is 6.54 Å². The van der Waals surface area contributed by atoms with E-state index < -0.39 is 5.97 Å². The first-order valence-corrected chi connectivity index (χ1v) is 5.00. The number of nitrogens with two attached hydrogens (primary N) is 1. The molecule has 0 saturated carbocycles. The van der Waals surface area contributed by atoms with Crippen LogP contribution in [0.3, 0.4) is 0 Å². The molecule has 0 bridgehead atoms. The van der Waals surface area contributed by atoms with Gasteiger partial charge in [-0.15, -0.1) is 0 Å². The Morgan fingerprint density at radius 3 is 2.83 bits per heavy atom. The molecular formula is C8H15NO2S. The number of thioether (sulfide) groups is 1. The largest absolute Gasteiger partial charge is 0.478 e. The van der Waals surface area contributed by atoms with Gasteiger partial charge in [0.25, 0.3) is 0 Å². The monoisotopic (exact) mass is 189 g/mol. The van der Waals surface area contributed by atoms with Crippen LogP contribution in [0, 0.1) is 0 Å². The molecule has 3 N–H and O–H groups in total. The van der Waals surface area contributed by atoms with Crippen LogP contribution < -0.4 is 5.73 Å². The summed E-state index contributed by atoms with van der Waals surface area (Å²) in [6.45, 7) is 2.53. The van der Waals surface area contributed by atoms with Crippen LogP contribution in [0.15, 0.2) is 11.6 Å². The van der Waals surface area contributed by atoms with E-state index in [2.05, 4.69) is 0 Å². The number of aliphatic carboxylic acids is 1. The molecule has 0 aromatic rings. The first-order valence-electron chi connectivity index (χ1n) is 3.84. The summed E-state index contributed by atoms with van der Waals surface area (Å²) >= 11 is 1.72. The van der Waals surface area contributed by atoms with Gasteiger partial charge in [0.1, 0.15) is 0 Å². The summed E-state index contributed by atoms with van der Waals surface area (Å²) in [6.07, 6.45) is 2.24. The van der Waals surface area contributed by atoms with E-state index in [4.69, 9.17) is 10.8 Å². The Hall–Kier alpha value is -0.480. The Morgan fingerprint density at radius 2 is 2.33 bits per heavy atom. The predicted molar refractivity (Wildman–Crippen MR) is 52.4 cm³/mol. The Balaban J connectivity index is 3.43. The van der Waals surface area contributed by atoms with Crippen molar-refractivity contribution in [1.29, 1.82) is 0 Å². The molecule has 0 rings (SSSR count). The minimum atomic E-state index is -0.869. The smallest absolute Gasteiger partial charge is 0.328 e. The minimum Gasteiger partial charge on any atom is -0.478 e. The van der Waals surface area contributed by atoms with E-state index >= 15 is 0 Å². The lowest BCUT2D eigenvalue weighted by atomic mass is 10.3. The highest BCUT2D eigenvalue weighted by Crippen LogP contribution is 2.07. The van der Waals surface area contributed by atoms with Crippen LogP contribution >= 0.6 is 11.8 Å². The highest BCUT2D eigenvalue weighted by atomic mass is 32.2. The van der Waals surface area contributed by atoms with E-state index in [1.807, 2.05) is 6.92 Å². The summed E-state index contributed by atoms with van der Waals surface area (Å²) in [5, 5.41) is 8.38. The highest BCUT2D eigenvalue weighted by Gasteiger charge is 1.94. The van der Waals surface area contributed by atoms with Crippen LogP contribution in [-0.4, -0.2) is 29.1 Å². The number of carboxylic acid groups (broad SMARTS) is 1. The number of hydrogen-bond donors (Lipinski definition) is 2. The molecule has 0 aliphatic carbocycles. The molecular weight excluding hydrogens is 174 g/mol. The summed E-state index contributed by atoms with van der Waals surface area (Å²) < 4.78 is 0. The van der Waals surface area contributed by atoms with Gasteiger partial charge in [-0.2, -0.15) is 11.8 Å².